The molecular formula is C23H32N4O2. The smallest absolute Gasteiger partial charge is 0.289 e. The molecule has 1 aromatic carbocycles. The largest absolute Gasteiger partial charge is 0.459 e. The molecule has 1 fully saturated rings. The highest BCUT2D eigenvalue weighted by Crippen LogP contribution is 2.30. The number of hydrogen-bond donors (Lipinski definition) is 1. The van der Waals surface area contributed by atoms with Gasteiger partial charge in [0.1, 0.15) is 0 Å². The second kappa shape index (κ2) is 9.63. The number of benzene rings is 1. The number of rotatable bonds is 6. The molecule has 1 amide bonds. The maximum absolute atomic E-state index is 12.5. The molecule has 0 unspecified atom stereocenters. The molecule has 1 aromatic heterocycles. The van der Waals surface area contributed by atoms with Crippen molar-refractivity contribution in [1.29, 1.82) is 0 Å². The summed E-state index contributed by atoms with van der Waals surface area (Å²) in [6.45, 7) is 8.16. The van der Waals surface area contributed by atoms with E-state index in [1.807, 2.05) is 11.9 Å². The van der Waals surface area contributed by atoms with Crippen molar-refractivity contribution in [1.82, 2.24) is 15.1 Å². The van der Waals surface area contributed by atoms with E-state index in [0.29, 0.717) is 18.8 Å². The number of piperazine rings is 1. The molecule has 0 bridgehead atoms. The van der Waals surface area contributed by atoms with Crippen LogP contribution in [0.3, 0.4) is 0 Å². The van der Waals surface area contributed by atoms with Crippen LogP contribution >= 0.6 is 0 Å². The molecule has 6 nitrogen and oxygen atoms in total. The second-order valence-electron chi connectivity index (χ2n) is 7.51. The summed E-state index contributed by atoms with van der Waals surface area (Å²) in [6, 6.07) is 14.2. The van der Waals surface area contributed by atoms with Crippen LogP contribution in [-0.4, -0.2) is 61.4 Å². The number of carbonyl (C=O) groups excluding carboxylic acids is 1. The van der Waals surface area contributed by atoms with Crippen LogP contribution in [0.2, 0.25) is 0 Å². The third-order valence-corrected chi connectivity index (χ3v) is 6.13. The Morgan fingerprint density at radius 3 is 2.24 bits per heavy atom. The number of nitrogens with zero attached hydrogens (tertiary/aromatic N) is 3. The second-order valence-corrected chi connectivity index (χ2v) is 7.51. The number of hydrogen-bond acceptors (Lipinski definition) is 3. The van der Waals surface area contributed by atoms with Crippen molar-refractivity contribution in [2.24, 2.45) is 4.99 Å². The van der Waals surface area contributed by atoms with E-state index in [4.69, 9.17) is 4.42 Å². The predicted molar refractivity (Wildman–Crippen MR) is 116 cm³/mol. The van der Waals surface area contributed by atoms with Crippen LogP contribution in [0.25, 0.3) is 0 Å². The summed E-state index contributed by atoms with van der Waals surface area (Å²) in [5, 5.41) is 3.61. The first kappa shape index (κ1) is 21.0. The van der Waals surface area contributed by atoms with E-state index in [1.54, 1.807) is 12.1 Å². The molecule has 2 heterocycles. The third kappa shape index (κ3) is 4.63. The van der Waals surface area contributed by atoms with Gasteiger partial charge in [-0.05, 0) is 30.5 Å². The summed E-state index contributed by atoms with van der Waals surface area (Å²) in [5.74, 6) is 1.26. The Hall–Kier alpha value is -2.76. The van der Waals surface area contributed by atoms with Crippen LogP contribution in [0.4, 0.5) is 0 Å². The number of carbonyl (C=O) groups is 1. The van der Waals surface area contributed by atoms with Crippen LogP contribution in [0, 0.1) is 0 Å². The normalized spacial score (nSPS) is 15.5. The lowest BCUT2D eigenvalue weighted by Crippen LogP contribution is -2.55. The van der Waals surface area contributed by atoms with E-state index in [9.17, 15) is 4.79 Å². The molecule has 0 radical (unpaired) electrons. The Labute approximate surface area is 173 Å². The zero-order valence-electron chi connectivity index (χ0n) is 17.7. The van der Waals surface area contributed by atoms with Crippen molar-refractivity contribution in [3.05, 3.63) is 60.1 Å². The molecule has 0 atom stereocenters. The van der Waals surface area contributed by atoms with Gasteiger partial charge in [0.05, 0.1) is 6.26 Å². The Kier molecular flexibility index (Phi) is 6.96. The molecule has 0 saturated carbocycles. The van der Waals surface area contributed by atoms with Crippen LogP contribution in [-0.2, 0) is 5.41 Å². The summed E-state index contributed by atoms with van der Waals surface area (Å²) in [6.07, 6.45) is 3.65. The Morgan fingerprint density at radius 1 is 1.03 bits per heavy atom. The summed E-state index contributed by atoms with van der Waals surface area (Å²) in [7, 11) is 1.82. The van der Waals surface area contributed by atoms with Gasteiger partial charge in [-0.3, -0.25) is 9.79 Å². The van der Waals surface area contributed by atoms with E-state index >= 15 is 0 Å². The van der Waals surface area contributed by atoms with Gasteiger partial charge in [0.25, 0.3) is 5.91 Å². The zero-order valence-corrected chi connectivity index (χ0v) is 17.7. The molecule has 29 heavy (non-hydrogen) atoms. The van der Waals surface area contributed by atoms with E-state index in [0.717, 1.165) is 38.4 Å². The van der Waals surface area contributed by atoms with Crippen molar-refractivity contribution >= 4 is 11.9 Å². The first-order valence-corrected chi connectivity index (χ1v) is 10.5. The Morgan fingerprint density at radius 2 is 1.69 bits per heavy atom. The topological polar surface area (TPSA) is 61.1 Å². The van der Waals surface area contributed by atoms with Gasteiger partial charge in [-0.1, -0.05) is 44.2 Å². The van der Waals surface area contributed by atoms with E-state index < -0.39 is 0 Å². The molecule has 6 heteroatoms. The number of amides is 1. The standard InChI is InChI=1S/C23H32N4O2/c1-4-23(5-2,19-10-7-6-8-11-19)18-25-22(24-3)27-15-13-26(14-16-27)21(28)20-12-9-17-29-20/h6-12,17H,4-5,13-16,18H2,1-3H3,(H,24,25). The molecule has 156 valence electrons. The maximum atomic E-state index is 12.5. The molecule has 1 aliphatic heterocycles. The molecule has 3 rings (SSSR count). The van der Waals surface area contributed by atoms with Gasteiger partial charge >= 0.3 is 0 Å². The number of guanidine groups is 1. The number of nitrogens with one attached hydrogen (secondary N) is 1. The fourth-order valence-electron chi connectivity index (χ4n) is 4.06. The van der Waals surface area contributed by atoms with Gasteiger partial charge in [0.2, 0.25) is 0 Å². The van der Waals surface area contributed by atoms with Crippen molar-refractivity contribution in [3.63, 3.8) is 0 Å². The van der Waals surface area contributed by atoms with Gasteiger partial charge < -0.3 is 19.5 Å². The Bertz CT molecular complexity index is 790. The number of aliphatic imine (C=N–C) groups is 1. The van der Waals surface area contributed by atoms with Crippen molar-refractivity contribution in [2.75, 3.05) is 39.8 Å². The van der Waals surface area contributed by atoms with Crippen LogP contribution in [0.15, 0.2) is 58.1 Å². The quantitative estimate of drug-likeness (QED) is 0.601. The minimum absolute atomic E-state index is 0.0438. The minimum atomic E-state index is -0.0438. The summed E-state index contributed by atoms with van der Waals surface area (Å²) >= 11 is 0. The monoisotopic (exact) mass is 396 g/mol. The average molecular weight is 397 g/mol. The summed E-state index contributed by atoms with van der Waals surface area (Å²) < 4.78 is 5.25. The highest BCUT2D eigenvalue weighted by atomic mass is 16.3. The molecular weight excluding hydrogens is 364 g/mol. The molecule has 1 aliphatic rings. The maximum Gasteiger partial charge on any atom is 0.289 e. The van der Waals surface area contributed by atoms with Gasteiger partial charge in [0, 0.05) is 45.2 Å². The van der Waals surface area contributed by atoms with E-state index in [-0.39, 0.29) is 11.3 Å². The van der Waals surface area contributed by atoms with Gasteiger partial charge in [-0.25, -0.2) is 0 Å². The third-order valence-electron chi connectivity index (χ3n) is 6.13. The molecule has 1 N–H and O–H groups in total. The van der Waals surface area contributed by atoms with Crippen LogP contribution < -0.4 is 5.32 Å². The molecule has 2 aromatic rings. The lowest BCUT2D eigenvalue weighted by molar-refractivity contribution is 0.0657. The van der Waals surface area contributed by atoms with Crippen molar-refractivity contribution in [3.8, 4) is 0 Å². The molecule has 0 aliphatic carbocycles. The summed E-state index contributed by atoms with van der Waals surface area (Å²) in [5.41, 5.74) is 1.44. The van der Waals surface area contributed by atoms with Crippen LogP contribution in [0.5, 0.6) is 0 Å². The highest BCUT2D eigenvalue weighted by molar-refractivity contribution is 5.91. The van der Waals surface area contributed by atoms with Crippen LogP contribution in [0.1, 0.15) is 42.8 Å². The molecule has 0 spiro atoms. The van der Waals surface area contributed by atoms with Gasteiger partial charge in [-0.15, -0.1) is 0 Å². The van der Waals surface area contributed by atoms with Crippen molar-refractivity contribution in [2.45, 2.75) is 32.1 Å². The van der Waals surface area contributed by atoms with Crippen molar-refractivity contribution < 1.29 is 9.21 Å². The minimum Gasteiger partial charge on any atom is -0.459 e. The number of furan rings is 1. The lowest BCUT2D eigenvalue weighted by Gasteiger charge is -2.38. The summed E-state index contributed by atoms with van der Waals surface area (Å²) in [4.78, 5) is 21.0. The zero-order chi connectivity index (χ0) is 20.7. The predicted octanol–water partition coefficient (Wildman–Crippen LogP) is 3.37. The first-order valence-electron chi connectivity index (χ1n) is 10.5. The Balaban J connectivity index is 1.60. The SMILES string of the molecule is CCC(CC)(CNC(=NC)N1CCN(C(=O)c2ccco2)CC1)c1ccccc1. The fraction of sp³-hybridized carbons (Fsp3) is 0.478. The van der Waals surface area contributed by atoms with Gasteiger partial charge in [-0.2, -0.15) is 0 Å². The first-order chi connectivity index (χ1) is 14.1. The van der Waals surface area contributed by atoms with E-state index in [2.05, 4.69) is 59.4 Å². The van der Waals surface area contributed by atoms with Gasteiger partial charge in [0.15, 0.2) is 11.7 Å². The highest BCUT2D eigenvalue weighted by Gasteiger charge is 2.30. The molecule has 1 saturated heterocycles. The fourth-order valence-corrected chi connectivity index (χ4v) is 4.06. The lowest BCUT2D eigenvalue weighted by atomic mass is 9.76. The average Bonchev–Trinajstić information content (AvgIpc) is 3.33. The van der Waals surface area contributed by atoms with E-state index in [1.165, 1.54) is 11.8 Å².